The van der Waals surface area contributed by atoms with Crippen molar-refractivity contribution < 1.29 is 12.8 Å². The molecule has 0 saturated carbocycles. The summed E-state index contributed by atoms with van der Waals surface area (Å²) in [5, 5.41) is 6.18. The van der Waals surface area contributed by atoms with Gasteiger partial charge in [0.2, 0.25) is 16.0 Å². The first-order chi connectivity index (χ1) is 18.1. The van der Waals surface area contributed by atoms with Crippen molar-refractivity contribution in [1.29, 1.82) is 0 Å². The van der Waals surface area contributed by atoms with Crippen molar-refractivity contribution >= 4 is 56.0 Å². The second kappa shape index (κ2) is 9.95. The number of fused-ring (bicyclic) bond motifs is 2. The first kappa shape index (κ1) is 25.5. The second-order valence-corrected chi connectivity index (χ2v) is 11.2. The third kappa shape index (κ3) is 5.00. The minimum absolute atomic E-state index is 0.166. The Morgan fingerprint density at radius 1 is 1.11 bits per heavy atom. The Kier molecular flexibility index (Phi) is 6.67. The number of likely N-dealkylation sites (N-methyl/N-ethyl adjacent to an activating group) is 1. The molecule has 0 amide bonds. The van der Waals surface area contributed by atoms with Crippen molar-refractivity contribution in [3.05, 3.63) is 71.9 Å². The zero-order valence-corrected chi connectivity index (χ0v) is 22.0. The van der Waals surface area contributed by atoms with Crippen LogP contribution in [0.4, 0.5) is 33.2 Å². The van der Waals surface area contributed by atoms with Crippen LogP contribution in [0.5, 0.6) is 0 Å². The lowest BCUT2D eigenvalue weighted by Crippen LogP contribution is -2.26. The molecule has 0 fully saturated rings. The fourth-order valence-corrected chi connectivity index (χ4v) is 4.89. The lowest BCUT2D eigenvalue weighted by Gasteiger charge is -2.25. The van der Waals surface area contributed by atoms with E-state index in [0.29, 0.717) is 33.8 Å². The van der Waals surface area contributed by atoms with Gasteiger partial charge in [-0.05, 0) is 48.9 Å². The molecule has 3 heterocycles. The Morgan fingerprint density at radius 2 is 1.89 bits per heavy atom. The fourth-order valence-electron chi connectivity index (χ4n) is 4.37. The van der Waals surface area contributed by atoms with E-state index >= 15 is 0 Å². The number of nitrogens with zero attached hydrogens (tertiary/aromatic N) is 6. The maximum atomic E-state index is 14.9. The van der Waals surface area contributed by atoms with Gasteiger partial charge in [0.25, 0.3) is 0 Å². The molecular formula is C26H27FN8O2S. The van der Waals surface area contributed by atoms with E-state index < -0.39 is 10.0 Å². The summed E-state index contributed by atoms with van der Waals surface area (Å²) in [5.74, 6) is 0.131. The van der Waals surface area contributed by atoms with E-state index in [-0.39, 0.29) is 17.5 Å². The molecule has 196 valence electrons. The molecule has 4 aromatic rings. The molecule has 0 atom stereocenters. The average Bonchev–Trinajstić information content (AvgIpc) is 2.88. The van der Waals surface area contributed by atoms with Gasteiger partial charge < -0.3 is 15.5 Å². The van der Waals surface area contributed by atoms with E-state index in [1.54, 1.807) is 36.5 Å². The number of nitrogens with one attached hydrogen (secondary N) is 2. The summed E-state index contributed by atoms with van der Waals surface area (Å²) < 4.78 is 41.0. The van der Waals surface area contributed by atoms with Gasteiger partial charge in [0.05, 0.1) is 23.1 Å². The SMILES string of the molecule is C=Cc1cnc(Nc2cc3c(cc2F)CCN(C)C3)nc1Nc1ccc2nccnc2c1N(C)S(C)(=O)=O. The molecule has 10 nitrogen and oxygen atoms in total. The highest BCUT2D eigenvalue weighted by atomic mass is 32.2. The summed E-state index contributed by atoms with van der Waals surface area (Å²) in [6.45, 7) is 5.45. The van der Waals surface area contributed by atoms with E-state index in [9.17, 15) is 12.8 Å². The number of sulfonamides is 1. The Bertz CT molecular complexity index is 1660. The van der Waals surface area contributed by atoms with Gasteiger partial charge in [-0.1, -0.05) is 12.7 Å². The molecule has 2 aromatic heterocycles. The molecule has 0 aliphatic carbocycles. The zero-order valence-electron chi connectivity index (χ0n) is 21.2. The predicted molar refractivity (Wildman–Crippen MR) is 148 cm³/mol. The Hall–Kier alpha value is -4.16. The number of benzene rings is 2. The summed E-state index contributed by atoms with van der Waals surface area (Å²) in [7, 11) is -0.152. The molecule has 12 heteroatoms. The number of hydrogen-bond donors (Lipinski definition) is 2. The molecule has 0 bridgehead atoms. The van der Waals surface area contributed by atoms with Crippen molar-refractivity contribution in [2.75, 3.05) is 41.8 Å². The average molecular weight is 535 g/mol. The van der Waals surface area contributed by atoms with Crippen LogP contribution in [0.25, 0.3) is 17.1 Å². The first-order valence-corrected chi connectivity index (χ1v) is 13.7. The predicted octanol–water partition coefficient (Wildman–Crippen LogP) is 4.07. The molecule has 2 N–H and O–H groups in total. The fraction of sp³-hybridized carbons (Fsp3) is 0.231. The Labute approximate surface area is 220 Å². The Morgan fingerprint density at radius 3 is 2.66 bits per heavy atom. The van der Waals surface area contributed by atoms with Crippen LogP contribution < -0.4 is 14.9 Å². The highest BCUT2D eigenvalue weighted by Gasteiger charge is 2.22. The molecule has 38 heavy (non-hydrogen) atoms. The van der Waals surface area contributed by atoms with Crippen LogP contribution in [0.2, 0.25) is 0 Å². The quantitative estimate of drug-likeness (QED) is 0.362. The number of halogens is 1. The largest absolute Gasteiger partial charge is 0.338 e. The van der Waals surface area contributed by atoms with Gasteiger partial charge in [-0.25, -0.2) is 17.8 Å². The summed E-state index contributed by atoms with van der Waals surface area (Å²) >= 11 is 0. The van der Waals surface area contributed by atoms with Crippen LogP contribution in [0.1, 0.15) is 16.7 Å². The third-order valence-electron chi connectivity index (χ3n) is 6.46. The normalized spacial score (nSPS) is 13.7. The molecule has 5 rings (SSSR count). The number of aromatic nitrogens is 4. The van der Waals surface area contributed by atoms with Crippen molar-refractivity contribution in [1.82, 2.24) is 24.8 Å². The topological polar surface area (TPSA) is 116 Å². The van der Waals surface area contributed by atoms with E-state index in [1.807, 2.05) is 7.05 Å². The number of anilines is 5. The monoisotopic (exact) mass is 534 g/mol. The van der Waals surface area contributed by atoms with Crippen molar-refractivity contribution in [3.8, 4) is 0 Å². The maximum Gasteiger partial charge on any atom is 0.232 e. The molecule has 1 aliphatic heterocycles. The molecule has 0 radical (unpaired) electrons. The smallest absolute Gasteiger partial charge is 0.232 e. The minimum Gasteiger partial charge on any atom is -0.338 e. The first-order valence-electron chi connectivity index (χ1n) is 11.8. The van der Waals surface area contributed by atoms with Gasteiger partial charge in [-0.3, -0.25) is 14.3 Å². The summed E-state index contributed by atoms with van der Waals surface area (Å²) in [5.41, 5.74) is 4.57. The van der Waals surface area contributed by atoms with Gasteiger partial charge in [0, 0.05) is 44.3 Å². The maximum absolute atomic E-state index is 14.9. The van der Waals surface area contributed by atoms with Gasteiger partial charge in [-0.15, -0.1) is 0 Å². The lowest BCUT2D eigenvalue weighted by molar-refractivity contribution is 0.312. The molecule has 0 unspecified atom stereocenters. The minimum atomic E-state index is -3.63. The molecule has 2 aromatic carbocycles. The number of rotatable bonds is 7. The third-order valence-corrected chi connectivity index (χ3v) is 7.63. The van der Waals surface area contributed by atoms with Crippen molar-refractivity contribution in [3.63, 3.8) is 0 Å². The summed E-state index contributed by atoms with van der Waals surface area (Å²) in [6.07, 6.45) is 8.06. The van der Waals surface area contributed by atoms with Crippen LogP contribution in [-0.2, 0) is 23.0 Å². The van der Waals surface area contributed by atoms with Crippen molar-refractivity contribution in [2.45, 2.75) is 13.0 Å². The van der Waals surface area contributed by atoms with Crippen LogP contribution >= 0.6 is 0 Å². The van der Waals surface area contributed by atoms with E-state index in [0.717, 1.165) is 41.2 Å². The van der Waals surface area contributed by atoms with Crippen LogP contribution in [0.15, 0.2) is 49.4 Å². The Balaban J connectivity index is 1.54. The van der Waals surface area contributed by atoms with Crippen LogP contribution in [0.3, 0.4) is 0 Å². The molecule has 0 spiro atoms. The number of hydrogen-bond acceptors (Lipinski definition) is 9. The van der Waals surface area contributed by atoms with Crippen LogP contribution in [0, 0.1) is 5.82 Å². The lowest BCUT2D eigenvalue weighted by atomic mass is 9.99. The highest BCUT2D eigenvalue weighted by molar-refractivity contribution is 7.92. The second-order valence-electron chi connectivity index (χ2n) is 9.16. The summed E-state index contributed by atoms with van der Waals surface area (Å²) in [4.78, 5) is 19.7. The van der Waals surface area contributed by atoms with Crippen molar-refractivity contribution in [2.24, 2.45) is 0 Å². The molecule has 1 aliphatic rings. The van der Waals surface area contributed by atoms with E-state index in [4.69, 9.17) is 0 Å². The van der Waals surface area contributed by atoms with Gasteiger partial charge in [-0.2, -0.15) is 4.98 Å². The standard InChI is InChI=1S/C26H27FN8O2S/c1-5-16-14-30-26(32-22-13-18-15-34(2)11-8-17(18)12-19(22)27)33-25(16)31-21-7-6-20-23(29-10-9-28-20)24(21)35(3)38(4,36)37/h5-7,9-10,12-14H,1,8,11,15H2,2-4H3,(H2,30,31,32,33). The van der Waals surface area contributed by atoms with Crippen LogP contribution in [-0.4, -0.2) is 60.1 Å². The van der Waals surface area contributed by atoms with E-state index in [1.165, 1.54) is 19.4 Å². The van der Waals surface area contributed by atoms with Gasteiger partial charge in [0.15, 0.2) is 0 Å². The van der Waals surface area contributed by atoms with E-state index in [2.05, 4.69) is 42.0 Å². The molecular weight excluding hydrogens is 507 g/mol. The summed E-state index contributed by atoms with van der Waals surface area (Å²) in [6, 6.07) is 6.79. The van der Waals surface area contributed by atoms with Gasteiger partial charge >= 0.3 is 0 Å². The zero-order chi connectivity index (χ0) is 27.0. The molecule has 0 saturated heterocycles. The van der Waals surface area contributed by atoms with Gasteiger partial charge in [0.1, 0.15) is 22.8 Å². The highest BCUT2D eigenvalue weighted by Crippen LogP contribution is 2.36.